The molecule has 0 spiro atoms. The van der Waals surface area contributed by atoms with Crippen LogP contribution in [-0.2, 0) is 0 Å². The van der Waals surface area contributed by atoms with Crippen LogP contribution in [0.5, 0.6) is 0 Å². The fourth-order valence-corrected chi connectivity index (χ4v) is 1.49. The zero-order valence-corrected chi connectivity index (χ0v) is 12.0. The SMILES string of the molecule is CC(C)C(Cl)CNC(=O)c1ccc(Br)c(F)c1. The first-order chi connectivity index (χ1) is 7.91. The third kappa shape index (κ3) is 4.28. The molecule has 1 rings (SSSR count). The van der Waals surface area contributed by atoms with Crippen LogP contribution in [-0.4, -0.2) is 17.8 Å². The summed E-state index contributed by atoms with van der Waals surface area (Å²) in [5.74, 6) is -0.495. The van der Waals surface area contributed by atoms with Crippen molar-refractivity contribution in [2.24, 2.45) is 5.92 Å². The Morgan fingerprint density at radius 3 is 2.71 bits per heavy atom. The van der Waals surface area contributed by atoms with Crippen LogP contribution in [0.1, 0.15) is 24.2 Å². The topological polar surface area (TPSA) is 29.1 Å². The van der Waals surface area contributed by atoms with Crippen LogP contribution < -0.4 is 5.32 Å². The minimum atomic E-state index is -0.455. The highest BCUT2D eigenvalue weighted by atomic mass is 79.9. The molecule has 1 atom stereocenters. The molecule has 0 fully saturated rings. The van der Waals surface area contributed by atoms with E-state index in [-0.39, 0.29) is 17.2 Å². The Labute approximate surface area is 114 Å². The minimum Gasteiger partial charge on any atom is -0.351 e. The molecule has 0 saturated carbocycles. The van der Waals surface area contributed by atoms with Crippen molar-refractivity contribution in [3.63, 3.8) is 0 Å². The summed E-state index contributed by atoms with van der Waals surface area (Å²) in [5, 5.41) is 2.55. The molecule has 1 aromatic rings. The van der Waals surface area contributed by atoms with Gasteiger partial charge in [-0.1, -0.05) is 13.8 Å². The highest BCUT2D eigenvalue weighted by molar-refractivity contribution is 9.10. The Bertz CT molecular complexity index is 411. The molecule has 0 aromatic heterocycles. The van der Waals surface area contributed by atoms with E-state index in [0.717, 1.165) is 0 Å². The first-order valence-corrected chi connectivity index (χ1v) is 6.52. The molecule has 0 bridgehead atoms. The van der Waals surface area contributed by atoms with Crippen LogP contribution in [0, 0.1) is 11.7 Å². The Morgan fingerprint density at radius 2 is 2.18 bits per heavy atom. The number of halogens is 3. The van der Waals surface area contributed by atoms with Gasteiger partial charge >= 0.3 is 0 Å². The van der Waals surface area contributed by atoms with Gasteiger partial charge < -0.3 is 5.32 Å². The zero-order chi connectivity index (χ0) is 13.0. The molecule has 0 aliphatic carbocycles. The van der Waals surface area contributed by atoms with E-state index in [1.54, 1.807) is 6.07 Å². The average molecular weight is 323 g/mol. The van der Waals surface area contributed by atoms with Gasteiger partial charge in [-0.25, -0.2) is 4.39 Å². The predicted octanol–water partition coefficient (Wildman–Crippen LogP) is 3.58. The van der Waals surface area contributed by atoms with Gasteiger partial charge in [0.1, 0.15) is 5.82 Å². The van der Waals surface area contributed by atoms with Gasteiger partial charge in [0.25, 0.3) is 5.91 Å². The molecule has 0 heterocycles. The minimum absolute atomic E-state index is 0.126. The van der Waals surface area contributed by atoms with Gasteiger partial charge in [0.05, 0.1) is 9.85 Å². The Kier molecular flexibility index (Phi) is 5.40. The van der Waals surface area contributed by atoms with Crippen LogP contribution >= 0.6 is 27.5 Å². The molecule has 0 radical (unpaired) electrons. The lowest BCUT2D eigenvalue weighted by atomic mass is 10.1. The van der Waals surface area contributed by atoms with Gasteiger partial charge in [0, 0.05) is 12.1 Å². The maximum absolute atomic E-state index is 13.2. The number of nitrogens with one attached hydrogen (secondary N) is 1. The summed E-state index contributed by atoms with van der Waals surface area (Å²) in [4.78, 5) is 11.7. The van der Waals surface area contributed by atoms with Gasteiger partial charge in [-0.15, -0.1) is 11.6 Å². The van der Waals surface area contributed by atoms with Crippen molar-refractivity contribution < 1.29 is 9.18 Å². The van der Waals surface area contributed by atoms with E-state index in [1.165, 1.54) is 12.1 Å². The Balaban J connectivity index is 2.61. The van der Waals surface area contributed by atoms with Crippen LogP contribution in [0.2, 0.25) is 0 Å². The molecule has 1 aromatic carbocycles. The summed E-state index contributed by atoms with van der Waals surface area (Å²) >= 11 is 9.04. The molecular weight excluding hydrogens is 308 g/mol. The first kappa shape index (κ1) is 14.5. The number of amides is 1. The van der Waals surface area contributed by atoms with E-state index in [9.17, 15) is 9.18 Å². The Morgan fingerprint density at radius 1 is 1.53 bits per heavy atom. The Hall–Kier alpha value is -0.610. The van der Waals surface area contributed by atoms with Crippen LogP contribution in [0.25, 0.3) is 0 Å². The molecule has 94 valence electrons. The van der Waals surface area contributed by atoms with Gasteiger partial charge in [-0.2, -0.15) is 0 Å². The second-order valence-corrected chi connectivity index (χ2v) is 5.51. The fourth-order valence-electron chi connectivity index (χ4n) is 1.17. The lowest BCUT2D eigenvalue weighted by molar-refractivity contribution is 0.0952. The molecule has 0 saturated heterocycles. The highest BCUT2D eigenvalue weighted by Crippen LogP contribution is 2.16. The molecule has 1 N–H and O–H groups in total. The molecule has 17 heavy (non-hydrogen) atoms. The summed E-state index contributed by atoms with van der Waals surface area (Å²) in [6, 6.07) is 4.25. The maximum atomic E-state index is 13.2. The maximum Gasteiger partial charge on any atom is 0.251 e. The number of alkyl halides is 1. The van der Waals surface area contributed by atoms with Crippen LogP contribution in [0.3, 0.4) is 0 Å². The summed E-state index contributed by atoms with van der Waals surface area (Å²) in [6.45, 7) is 4.32. The lowest BCUT2D eigenvalue weighted by Gasteiger charge is -2.14. The van der Waals surface area contributed by atoms with E-state index >= 15 is 0 Å². The number of hydrogen-bond acceptors (Lipinski definition) is 1. The van der Waals surface area contributed by atoms with Gasteiger partial charge in [0.2, 0.25) is 0 Å². The summed E-state index contributed by atoms with van der Waals surface area (Å²) in [7, 11) is 0. The number of benzene rings is 1. The normalized spacial score (nSPS) is 12.6. The largest absolute Gasteiger partial charge is 0.351 e. The van der Waals surface area contributed by atoms with Crippen molar-refractivity contribution in [1.82, 2.24) is 5.32 Å². The molecule has 1 amide bonds. The number of carbonyl (C=O) groups excluding carboxylic acids is 1. The standard InChI is InChI=1S/C12H14BrClFNO/c1-7(2)10(14)6-16-12(17)8-3-4-9(13)11(15)5-8/h3-5,7,10H,6H2,1-2H3,(H,16,17). The molecular formula is C12H14BrClFNO. The van der Waals surface area contributed by atoms with E-state index in [4.69, 9.17) is 11.6 Å². The van der Waals surface area contributed by atoms with E-state index in [0.29, 0.717) is 16.6 Å². The van der Waals surface area contributed by atoms with Crippen molar-refractivity contribution in [3.05, 3.63) is 34.1 Å². The average Bonchev–Trinajstić information content (AvgIpc) is 2.28. The summed E-state index contributed by atoms with van der Waals surface area (Å²) < 4.78 is 13.6. The first-order valence-electron chi connectivity index (χ1n) is 5.29. The quantitative estimate of drug-likeness (QED) is 0.844. The van der Waals surface area contributed by atoms with Gasteiger partial charge in [0.15, 0.2) is 0 Å². The number of carbonyl (C=O) groups is 1. The highest BCUT2D eigenvalue weighted by Gasteiger charge is 2.13. The van der Waals surface area contributed by atoms with E-state index in [2.05, 4.69) is 21.2 Å². The van der Waals surface area contributed by atoms with Crippen LogP contribution in [0.15, 0.2) is 22.7 Å². The number of hydrogen-bond donors (Lipinski definition) is 1. The number of rotatable bonds is 4. The van der Waals surface area contributed by atoms with E-state index in [1.807, 2.05) is 13.8 Å². The third-order valence-corrected chi connectivity index (χ3v) is 3.66. The van der Waals surface area contributed by atoms with Crippen molar-refractivity contribution in [2.45, 2.75) is 19.2 Å². The molecule has 1 unspecified atom stereocenters. The molecule has 2 nitrogen and oxygen atoms in total. The summed E-state index contributed by atoms with van der Waals surface area (Å²) in [5.41, 5.74) is 0.290. The van der Waals surface area contributed by atoms with E-state index < -0.39 is 5.82 Å². The lowest BCUT2D eigenvalue weighted by Crippen LogP contribution is -2.32. The van der Waals surface area contributed by atoms with Gasteiger partial charge in [-0.05, 0) is 40.0 Å². The zero-order valence-electron chi connectivity index (χ0n) is 9.64. The van der Waals surface area contributed by atoms with Crippen molar-refractivity contribution in [3.8, 4) is 0 Å². The third-order valence-electron chi connectivity index (χ3n) is 2.36. The fraction of sp³-hybridized carbons (Fsp3) is 0.417. The van der Waals surface area contributed by atoms with Crippen molar-refractivity contribution in [2.75, 3.05) is 6.54 Å². The molecule has 0 aliphatic heterocycles. The van der Waals surface area contributed by atoms with Crippen molar-refractivity contribution in [1.29, 1.82) is 0 Å². The predicted molar refractivity (Wildman–Crippen MR) is 70.9 cm³/mol. The summed E-state index contributed by atoms with van der Waals surface area (Å²) in [6.07, 6.45) is 0. The van der Waals surface area contributed by atoms with Gasteiger partial charge in [-0.3, -0.25) is 4.79 Å². The molecule has 0 aliphatic rings. The van der Waals surface area contributed by atoms with Crippen molar-refractivity contribution >= 4 is 33.4 Å². The second kappa shape index (κ2) is 6.36. The monoisotopic (exact) mass is 321 g/mol. The van der Waals surface area contributed by atoms with Crippen LogP contribution in [0.4, 0.5) is 4.39 Å². The molecule has 5 heteroatoms. The second-order valence-electron chi connectivity index (χ2n) is 4.10. The smallest absolute Gasteiger partial charge is 0.251 e.